The highest BCUT2D eigenvalue weighted by molar-refractivity contribution is 5.85. The molecule has 0 bridgehead atoms. The van der Waals surface area contributed by atoms with E-state index in [1.165, 1.54) is 89.9 Å². The molecule has 20 heavy (non-hydrogen) atoms. The van der Waals surface area contributed by atoms with Crippen molar-refractivity contribution in [1.82, 2.24) is 0 Å². The second-order valence-corrected chi connectivity index (χ2v) is 6.98. The number of unbranched alkanes of at least 4 members (excludes halogenated alkanes) is 12. The summed E-state index contributed by atoms with van der Waals surface area (Å²) >= 11 is 0. The smallest absolute Gasteiger partial charge is 0.00970 e. The molecular weight excluding hydrogens is 266 g/mol. The van der Waals surface area contributed by atoms with Crippen molar-refractivity contribution in [2.75, 3.05) is 0 Å². The van der Waals surface area contributed by atoms with Gasteiger partial charge in [0.2, 0.25) is 0 Å². The molecule has 2 heteroatoms. The van der Waals surface area contributed by atoms with Crippen LogP contribution in [0.4, 0.5) is 0 Å². The molecule has 2 N–H and O–H groups in total. The van der Waals surface area contributed by atoms with Gasteiger partial charge in [0.1, 0.15) is 0 Å². The van der Waals surface area contributed by atoms with E-state index in [4.69, 9.17) is 5.73 Å². The molecule has 0 aromatic rings. The van der Waals surface area contributed by atoms with Crippen molar-refractivity contribution in [3.05, 3.63) is 0 Å². The largest absolute Gasteiger partial charge is 0.326 e. The molecule has 0 fully saturated rings. The van der Waals surface area contributed by atoms with E-state index >= 15 is 0 Å². The molecule has 0 aliphatic heterocycles. The van der Waals surface area contributed by atoms with E-state index in [1.54, 1.807) is 0 Å². The molecule has 0 saturated heterocycles. The van der Waals surface area contributed by atoms with Crippen LogP contribution >= 0.6 is 12.4 Å². The Morgan fingerprint density at radius 1 is 0.600 bits per heavy atom. The fraction of sp³-hybridized carbons (Fsp3) is 1.00. The van der Waals surface area contributed by atoms with Gasteiger partial charge in [-0.25, -0.2) is 0 Å². The number of rotatable bonds is 14. The average Bonchev–Trinajstić information content (AvgIpc) is 2.34. The van der Waals surface area contributed by atoms with Gasteiger partial charge in [-0.1, -0.05) is 90.4 Å². The molecular formula is C18H40ClN. The lowest BCUT2D eigenvalue weighted by Crippen LogP contribution is -2.31. The summed E-state index contributed by atoms with van der Waals surface area (Å²) in [6.45, 7) is 6.55. The molecule has 0 radical (unpaired) electrons. The van der Waals surface area contributed by atoms with Crippen LogP contribution in [0.5, 0.6) is 0 Å². The first kappa shape index (κ1) is 22.5. The quantitative estimate of drug-likeness (QED) is 0.358. The lowest BCUT2D eigenvalue weighted by atomic mass is 9.97. The summed E-state index contributed by atoms with van der Waals surface area (Å²) in [4.78, 5) is 0. The van der Waals surface area contributed by atoms with Gasteiger partial charge in [0.15, 0.2) is 0 Å². The minimum atomic E-state index is 0. The molecule has 0 aromatic heterocycles. The van der Waals surface area contributed by atoms with Gasteiger partial charge in [0.05, 0.1) is 0 Å². The van der Waals surface area contributed by atoms with Gasteiger partial charge in [0, 0.05) is 5.54 Å². The second-order valence-electron chi connectivity index (χ2n) is 6.98. The second kappa shape index (κ2) is 15.6. The van der Waals surface area contributed by atoms with Crippen molar-refractivity contribution in [2.24, 2.45) is 5.73 Å². The highest BCUT2D eigenvalue weighted by Gasteiger charge is 2.08. The van der Waals surface area contributed by atoms with Gasteiger partial charge < -0.3 is 5.73 Å². The van der Waals surface area contributed by atoms with E-state index in [0.717, 1.165) is 0 Å². The van der Waals surface area contributed by atoms with E-state index in [1.807, 2.05) is 0 Å². The monoisotopic (exact) mass is 305 g/mol. The third kappa shape index (κ3) is 20.6. The molecule has 0 aromatic carbocycles. The number of halogens is 1. The Hall–Kier alpha value is 0.250. The van der Waals surface area contributed by atoms with Gasteiger partial charge in [-0.05, 0) is 20.3 Å². The predicted octanol–water partition coefficient (Wildman–Crippen LogP) is 6.63. The number of hydrogen-bond donors (Lipinski definition) is 1. The molecule has 0 aliphatic carbocycles. The first-order valence-electron chi connectivity index (χ1n) is 8.85. The Labute approximate surface area is 134 Å². The summed E-state index contributed by atoms with van der Waals surface area (Å²) in [5, 5.41) is 0. The van der Waals surface area contributed by atoms with Crippen molar-refractivity contribution in [2.45, 2.75) is 116 Å². The van der Waals surface area contributed by atoms with Crippen molar-refractivity contribution in [3.8, 4) is 0 Å². The van der Waals surface area contributed by atoms with E-state index in [0.29, 0.717) is 0 Å². The summed E-state index contributed by atoms with van der Waals surface area (Å²) in [5.41, 5.74) is 6.01. The average molecular weight is 306 g/mol. The highest BCUT2D eigenvalue weighted by atomic mass is 35.5. The van der Waals surface area contributed by atoms with Gasteiger partial charge in [-0.15, -0.1) is 12.4 Å². The first-order valence-corrected chi connectivity index (χ1v) is 8.85. The van der Waals surface area contributed by atoms with Crippen LogP contribution in [0.3, 0.4) is 0 Å². The zero-order valence-electron chi connectivity index (χ0n) is 14.4. The zero-order valence-corrected chi connectivity index (χ0v) is 15.2. The standard InChI is InChI=1S/C18H39N.ClH/c1-4-5-6-7-8-9-10-11-12-13-14-15-16-17-18(2,3)19;/h4-17,19H2,1-3H3;1H. The fourth-order valence-electron chi connectivity index (χ4n) is 2.60. The van der Waals surface area contributed by atoms with Crippen LogP contribution in [0, 0.1) is 0 Å². The van der Waals surface area contributed by atoms with Crippen LogP contribution in [0.25, 0.3) is 0 Å². The van der Waals surface area contributed by atoms with E-state index in [-0.39, 0.29) is 17.9 Å². The summed E-state index contributed by atoms with van der Waals surface area (Å²) in [5.74, 6) is 0. The maximum absolute atomic E-state index is 5.97. The van der Waals surface area contributed by atoms with E-state index in [2.05, 4.69) is 20.8 Å². The van der Waals surface area contributed by atoms with Crippen molar-refractivity contribution in [1.29, 1.82) is 0 Å². The maximum atomic E-state index is 5.97. The highest BCUT2D eigenvalue weighted by Crippen LogP contribution is 2.15. The predicted molar refractivity (Wildman–Crippen MR) is 95.8 cm³/mol. The number of nitrogens with two attached hydrogens (primary N) is 1. The zero-order chi connectivity index (χ0) is 14.4. The Kier molecular flexibility index (Phi) is 17.6. The van der Waals surface area contributed by atoms with E-state index < -0.39 is 0 Å². The molecule has 0 spiro atoms. The number of hydrogen-bond acceptors (Lipinski definition) is 1. The van der Waals surface area contributed by atoms with Crippen LogP contribution in [0.15, 0.2) is 0 Å². The SMILES string of the molecule is CCCCCCCCCCCCCCCC(C)(C)N.Cl. The van der Waals surface area contributed by atoms with Crippen LogP contribution in [0.2, 0.25) is 0 Å². The summed E-state index contributed by atoms with van der Waals surface area (Å²) in [6.07, 6.45) is 19.7. The van der Waals surface area contributed by atoms with Crippen LogP contribution in [-0.2, 0) is 0 Å². The van der Waals surface area contributed by atoms with Crippen LogP contribution in [0.1, 0.15) is 111 Å². The molecule has 0 saturated carbocycles. The van der Waals surface area contributed by atoms with E-state index in [9.17, 15) is 0 Å². The molecule has 0 atom stereocenters. The van der Waals surface area contributed by atoms with Crippen molar-refractivity contribution in [3.63, 3.8) is 0 Å². The normalized spacial score (nSPS) is 11.4. The molecule has 0 unspecified atom stereocenters. The topological polar surface area (TPSA) is 26.0 Å². The Bertz CT molecular complexity index is 175. The van der Waals surface area contributed by atoms with Gasteiger partial charge in [-0.3, -0.25) is 0 Å². The van der Waals surface area contributed by atoms with Crippen LogP contribution in [-0.4, -0.2) is 5.54 Å². The molecule has 0 amide bonds. The van der Waals surface area contributed by atoms with Crippen LogP contribution < -0.4 is 5.73 Å². The molecule has 0 heterocycles. The molecule has 124 valence electrons. The summed E-state index contributed by atoms with van der Waals surface area (Å²) in [6, 6.07) is 0. The first-order chi connectivity index (χ1) is 9.06. The lowest BCUT2D eigenvalue weighted by molar-refractivity contribution is 0.440. The molecule has 1 nitrogen and oxygen atoms in total. The molecule has 0 rings (SSSR count). The van der Waals surface area contributed by atoms with Gasteiger partial charge in [-0.2, -0.15) is 0 Å². The summed E-state index contributed by atoms with van der Waals surface area (Å²) < 4.78 is 0. The molecule has 0 aliphatic rings. The Morgan fingerprint density at radius 2 is 0.900 bits per heavy atom. The summed E-state index contributed by atoms with van der Waals surface area (Å²) in [7, 11) is 0. The lowest BCUT2D eigenvalue weighted by Gasteiger charge is -2.17. The van der Waals surface area contributed by atoms with Crippen molar-refractivity contribution >= 4 is 12.4 Å². The third-order valence-corrected chi connectivity index (χ3v) is 3.92. The Balaban J connectivity index is 0. The minimum Gasteiger partial charge on any atom is -0.326 e. The maximum Gasteiger partial charge on any atom is 0.00970 e. The Morgan fingerprint density at radius 3 is 1.20 bits per heavy atom. The third-order valence-electron chi connectivity index (χ3n) is 3.92. The van der Waals surface area contributed by atoms with Gasteiger partial charge >= 0.3 is 0 Å². The van der Waals surface area contributed by atoms with Crippen molar-refractivity contribution < 1.29 is 0 Å². The minimum absolute atomic E-state index is 0. The van der Waals surface area contributed by atoms with Gasteiger partial charge in [0.25, 0.3) is 0 Å². The fourth-order valence-corrected chi connectivity index (χ4v) is 2.60.